The molecule has 0 heterocycles. The van der Waals surface area contributed by atoms with Gasteiger partial charge in [-0.2, -0.15) is 0 Å². The van der Waals surface area contributed by atoms with Crippen molar-refractivity contribution < 1.29 is 8.78 Å². The molecule has 0 nitrogen and oxygen atoms in total. The van der Waals surface area contributed by atoms with Crippen molar-refractivity contribution in [1.82, 2.24) is 0 Å². The molecule has 1 aromatic carbocycles. The summed E-state index contributed by atoms with van der Waals surface area (Å²) in [7, 11) is 0. The first-order chi connectivity index (χ1) is 12.1. The highest BCUT2D eigenvalue weighted by Gasteiger charge is 2.22. The molecule has 0 N–H and O–H groups in total. The van der Waals surface area contributed by atoms with E-state index in [2.05, 4.69) is 37.0 Å². The number of hydrogen-bond acceptors (Lipinski definition) is 0. The Kier molecular flexibility index (Phi) is 5.88. The Morgan fingerprint density at radius 2 is 1.60 bits per heavy atom. The van der Waals surface area contributed by atoms with Crippen molar-refractivity contribution in [3.8, 4) is 0 Å². The second-order valence-corrected chi connectivity index (χ2v) is 7.63. The van der Waals surface area contributed by atoms with Crippen molar-refractivity contribution in [2.75, 3.05) is 0 Å². The lowest BCUT2D eigenvalue weighted by Gasteiger charge is -2.25. The zero-order valence-corrected chi connectivity index (χ0v) is 15.1. The largest absolute Gasteiger partial charge is 0.203 e. The van der Waals surface area contributed by atoms with Gasteiger partial charge in [-0.1, -0.05) is 42.5 Å². The van der Waals surface area contributed by atoms with Crippen molar-refractivity contribution >= 4 is 0 Å². The number of rotatable bonds is 4. The molecule has 3 rings (SSSR count). The molecule has 2 heteroatoms. The van der Waals surface area contributed by atoms with Gasteiger partial charge in [0.05, 0.1) is 0 Å². The summed E-state index contributed by atoms with van der Waals surface area (Å²) in [6, 6.07) is 3.41. The maximum Gasteiger partial charge on any atom is 0.162 e. The van der Waals surface area contributed by atoms with Gasteiger partial charge in [-0.15, -0.1) is 6.58 Å². The van der Waals surface area contributed by atoms with Crippen molar-refractivity contribution in [3.63, 3.8) is 0 Å². The minimum atomic E-state index is -0.706. The van der Waals surface area contributed by atoms with Crippen molar-refractivity contribution in [2.24, 2.45) is 17.8 Å². The molecule has 0 aromatic heterocycles. The van der Waals surface area contributed by atoms with Crippen molar-refractivity contribution in [1.29, 1.82) is 0 Å². The number of halogens is 2. The Hall–Kier alpha value is -1.70. The molecular formula is C23H28F2. The van der Waals surface area contributed by atoms with Gasteiger partial charge in [0.2, 0.25) is 0 Å². The van der Waals surface area contributed by atoms with Crippen LogP contribution in [0.5, 0.6) is 0 Å². The molecule has 2 unspecified atom stereocenters. The van der Waals surface area contributed by atoms with Gasteiger partial charge in [0.15, 0.2) is 11.6 Å². The molecule has 1 aromatic rings. The van der Waals surface area contributed by atoms with Crippen molar-refractivity contribution in [3.05, 3.63) is 71.9 Å². The molecule has 134 valence electrons. The Bertz CT molecular complexity index is 663. The van der Waals surface area contributed by atoms with E-state index in [1.54, 1.807) is 19.1 Å². The summed E-state index contributed by atoms with van der Waals surface area (Å²) >= 11 is 0. The van der Waals surface area contributed by atoms with E-state index in [0.717, 1.165) is 12.8 Å². The predicted molar refractivity (Wildman–Crippen MR) is 100 cm³/mol. The van der Waals surface area contributed by atoms with E-state index in [1.807, 2.05) is 0 Å². The maximum absolute atomic E-state index is 14.2. The van der Waals surface area contributed by atoms with Crippen LogP contribution in [-0.4, -0.2) is 0 Å². The third-order valence-corrected chi connectivity index (χ3v) is 5.89. The first-order valence-corrected chi connectivity index (χ1v) is 9.52. The Morgan fingerprint density at radius 1 is 0.880 bits per heavy atom. The Labute approximate surface area is 150 Å². The molecule has 0 radical (unpaired) electrons. The second kappa shape index (κ2) is 8.12. The molecule has 0 bridgehead atoms. The van der Waals surface area contributed by atoms with E-state index in [-0.39, 0.29) is 5.92 Å². The number of benzene rings is 1. The average Bonchev–Trinajstić information content (AvgIpc) is 2.65. The lowest BCUT2D eigenvalue weighted by Crippen LogP contribution is -2.12. The van der Waals surface area contributed by atoms with Gasteiger partial charge in [0, 0.05) is 5.92 Å². The van der Waals surface area contributed by atoms with Crippen LogP contribution < -0.4 is 0 Å². The molecule has 1 saturated carbocycles. The molecule has 2 aliphatic rings. The Morgan fingerprint density at radius 3 is 2.24 bits per heavy atom. The van der Waals surface area contributed by atoms with Crippen LogP contribution in [0.25, 0.3) is 0 Å². The maximum atomic E-state index is 14.2. The second-order valence-electron chi connectivity index (χ2n) is 7.63. The zero-order chi connectivity index (χ0) is 17.8. The monoisotopic (exact) mass is 342 g/mol. The van der Waals surface area contributed by atoms with E-state index in [0.29, 0.717) is 28.9 Å². The smallest absolute Gasteiger partial charge is 0.162 e. The molecule has 0 spiro atoms. The fourth-order valence-electron chi connectivity index (χ4n) is 4.08. The highest BCUT2D eigenvalue weighted by atomic mass is 19.2. The lowest BCUT2D eigenvalue weighted by atomic mass is 9.80. The zero-order valence-electron chi connectivity index (χ0n) is 15.1. The van der Waals surface area contributed by atoms with E-state index < -0.39 is 11.6 Å². The molecule has 1 fully saturated rings. The predicted octanol–water partition coefficient (Wildman–Crippen LogP) is 6.87. The third kappa shape index (κ3) is 4.29. The minimum Gasteiger partial charge on any atom is -0.203 e. The SMILES string of the molecule is C=CC1CCC(/C=C/C2C=CC(c3ccc(C)c(F)c3F)CC2)CC1. The molecule has 0 aliphatic heterocycles. The standard InChI is InChI=1S/C23H28F2/c1-3-17-5-7-18(8-6-17)9-10-19-11-13-20(14-12-19)21-15-4-16(2)22(24)23(21)25/h3-4,9-11,13,15,17-20H,1,5-8,12,14H2,2H3/b10-9+. The summed E-state index contributed by atoms with van der Waals surface area (Å²) in [5.41, 5.74) is 0.859. The molecule has 2 atom stereocenters. The van der Waals surface area contributed by atoms with Crippen LogP contribution in [0.4, 0.5) is 8.78 Å². The summed E-state index contributed by atoms with van der Waals surface area (Å²) in [5, 5.41) is 0. The topological polar surface area (TPSA) is 0 Å². The fraction of sp³-hybridized carbons (Fsp3) is 0.478. The fourth-order valence-corrected chi connectivity index (χ4v) is 4.08. The van der Waals surface area contributed by atoms with Crippen LogP contribution in [0, 0.1) is 36.3 Å². The summed E-state index contributed by atoms with van der Waals surface area (Å²) < 4.78 is 28.0. The summed E-state index contributed by atoms with van der Waals surface area (Å²) in [5.74, 6) is 0.413. The number of allylic oxidation sites excluding steroid dienone is 5. The number of aryl methyl sites for hydroxylation is 1. The first kappa shape index (κ1) is 18.1. The third-order valence-electron chi connectivity index (χ3n) is 5.89. The lowest BCUT2D eigenvalue weighted by molar-refractivity contribution is 0.356. The van der Waals surface area contributed by atoms with Crippen LogP contribution in [-0.2, 0) is 0 Å². The van der Waals surface area contributed by atoms with Crippen LogP contribution in [0.2, 0.25) is 0 Å². The van der Waals surface area contributed by atoms with E-state index in [9.17, 15) is 8.78 Å². The van der Waals surface area contributed by atoms with Gasteiger partial charge in [-0.05, 0) is 74.3 Å². The summed E-state index contributed by atoms with van der Waals surface area (Å²) in [4.78, 5) is 0. The van der Waals surface area contributed by atoms with Crippen LogP contribution in [0.3, 0.4) is 0 Å². The number of hydrogen-bond donors (Lipinski definition) is 0. The first-order valence-electron chi connectivity index (χ1n) is 9.52. The quantitative estimate of drug-likeness (QED) is 0.524. The van der Waals surface area contributed by atoms with E-state index >= 15 is 0 Å². The van der Waals surface area contributed by atoms with Crippen LogP contribution in [0.15, 0.2) is 49.1 Å². The molecule has 0 amide bonds. The van der Waals surface area contributed by atoms with Gasteiger partial charge in [-0.3, -0.25) is 0 Å². The molecular weight excluding hydrogens is 314 g/mol. The molecule has 2 aliphatic carbocycles. The van der Waals surface area contributed by atoms with Gasteiger partial charge in [-0.25, -0.2) is 8.78 Å². The molecule has 0 saturated heterocycles. The van der Waals surface area contributed by atoms with Gasteiger partial charge in [0.25, 0.3) is 0 Å². The van der Waals surface area contributed by atoms with Gasteiger partial charge in [0.1, 0.15) is 0 Å². The summed E-state index contributed by atoms with van der Waals surface area (Å²) in [6.07, 6.45) is 17.9. The van der Waals surface area contributed by atoms with Crippen LogP contribution in [0.1, 0.15) is 55.6 Å². The highest BCUT2D eigenvalue weighted by molar-refractivity contribution is 5.32. The van der Waals surface area contributed by atoms with E-state index in [4.69, 9.17) is 0 Å². The van der Waals surface area contributed by atoms with Crippen LogP contribution >= 0.6 is 0 Å². The molecule has 25 heavy (non-hydrogen) atoms. The minimum absolute atomic E-state index is 0.0113. The average molecular weight is 342 g/mol. The Balaban J connectivity index is 1.59. The van der Waals surface area contributed by atoms with E-state index in [1.165, 1.54) is 25.7 Å². The van der Waals surface area contributed by atoms with Gasteiger partial charge >= 0.3 is 0 Å². The highest BCUT2D eigenvalue weighted by Crippen LogP contribution is 2.35. The van der Waals surface area contributed by atoms with Gasteiger partial charge < -0.3 is 0 Å². The summed E-state index contributed by atoms with van der Waals surface area (Å²) in [6.45, 7) is 5.50. The van der Waals surface area contributed by atoms with Crippen molar-refractivity contribution in [2.45, 2.75) is 51.4 Å². The normalized spacial score (nSPS) is 29.9.